The summed E-state index contributed by atoms with van der Waals surface area (Å²) in [4.78, 5) is 72.7. The fourth-order valence-electron chi connectivity index (χ4n) is 11.0. The van der Waals surface area contributed by atoms with Gasteiger partial charge in [0.1, 0.15) is 19.3 Å². The fourth-order valence-corrected chi connectivity index (χ4v) is 12.6. The molecule has 0 aliphatic heterocycles. The number of phosphoric acid groups is 2. The van der Waals surface area contributed by atoms with Crippen molar-refractivity contribution in [3.63, 3.8) is 0 Å². The van der Waals surface area contributed by atoms with Crippen LogP contribution in [0.5, 0.6) is 0 Å². The lowest BCUT2D eigenvalue weighted by atomic mass is 10.0. The molecule has 0 aliphatic carbocycles. The highest BCUT2D eigenvalue weighted by molar-refractivity contribution is 7.47. The first-order valence-corrected chi connectivity index (χ1v) is 41.4. The first-order chi connectivity index (χ1) is 45.5. The maximum atomic E-state index is 13.1. The summed E-state index contributed by atoms with van der Waals surface area (Å²) in [5.41, 5.74) is 0. The van der Waals surface area contributed by atoms with Gasteiger partial charge in [-0.25, -0.2) is 9.13 Å². The van der Waals surface area contributed by atoms with Gasteiger partial charge in [-0.05, 0) is 57.3 Å². The van der Waals surface area contributed by atoms with Crippen LogP contribution in [0.4, 0.5) is 0 Å². The molecule has 0 heterocycles. The summed E-state index contributed by atoms with van der Waals surface area (Å²) in [6.45, 7) is 7.22. The van der Waals surface area contributed by atoms with Crippen molar-refractivity contribution in [2.75, 3.05) is 39.6 Å². The van der Waals surface area contributed by atoms with E-state index in [0.29, 0.717) is 25.7 Å². The van der Waals surface area contributed by atoms with Crippen molar-refractivity contribution in [1.82, 2.24) is 0 Å². The van der Waals surface area contributed by atoms with Crippen LogP contribution in [0, 0.1) is 5.92 Å². The molecule has 0 rings (SSSR count). The molecule has 3 N–H and O–H groups in total. The van der Waals surface area contributed by atoms with Crippen LogP contribution in [0.1, 0.15) is 369 Å². The molecule has 19 heteroatoms. The third-order valence-electron chi connectivity index (χ3n) is 16.9. The largest absolute Gasteiger partial charge is 0.472 e. The van der Waals surface area contributed by atoms with E-state index in [-0.39, 0.29) is 25.7 Å². The zero-order chi connectivity index (χ0) is 69.1. The number of hydrogen-bond donors (Lipinski definition) is 3. The number of carbonyl (C=O) groups excluding carboxylic acids is 4. The van der Waals surface area contributed by atoms with E-state index in [9.17, 15) is 43.2 Å². The minimum atomic E-state index is -4.96. The van der Waals surface area contributed by atoms with Gasteiger partial charge in [0.25, 0.3) is 0 Å². The maximum Gasteiger partial charge on any atom is 0.472 e. The monoisotopic (exact) mass is 1380 g/mol. The minimum Gasteiger partial charge on any atom is -0.462 e. The summed E-state index contributed by atoms with van der Waals surface area (Å²) < 4.78 is 68.4. The van der Waals surface area contributed by atoms with E-state index in [0.717, 1.165) is 121 Å². The second kappa shape index (κ2) is 67.7. The van der Waals surface area contributed by atoms with Gasteiger partial charge in [0.2, 0.25) is 0 Å². The quantitative estimate of drug-likeness (QED) is 0.0169. The van der Waals surface area contributed by atoms with Crippen LogP contribution in [-0.4, -0.2) is 96.7 Å². The smallest absolute Gasteiger partial charge is 0.462 e. The van der Waals surface area contributed by atoms with Crippen molar-refractivity contribution in [3.8, 4) is 0 Å². The normalized spacial score (nSPS) is 14.1. The Labute approximate surface area is 573 Å². The predicted octanol–water partition coefficient (Wildman–Crippen LogP) is 21.6. The number of carbonyl (C=O) groups is 4. The Morgan fingerprint density at radius 3 is 0.872 bits per heavy atom. The Morgan fingerprint density at radius 2 is 0.574 bits per heavy atom. The van der Waals surface area contributed by atoms with E-state index < -0.39 is 97.5 Å². The lowest BCUT2D eigenvalue weighted by Crippen LogP contribution is -2.30. The van der Waals surface area contributed by atoms with Gasteiger partial charge in [-0.15, -0.1) is 0 Å². The fraction of sp³-hybridized carbons (Fsp3) is 0.893. The SMILES string of the molecule is CCCCCC/C=C\C=C/CCCCCCCC(=O)OC[C@H](COP(=O)(O)OC[C@@H](O)COP(=O)(O)OC[C@@H](COC(=O)CCCCCCCCCC)OC(=O)CCCCCCCCCCCCCCCC)OC(=O)CCCCCCCCCCCCCCCCC(C)C. The van der Waals surface area contributed by atoms with E-state index in [1.54, 1.807) is 0 Å². The van der Waals surface area contributed by atoms with E-state index in [1.165, 1.54) is 167 Å². The lowest BCUT2D eigenvalue weighted by molar-refractivity contribution is -0.161. The van der Waals surface area contributed by atoms with E-state index in [1.807, 2.05) is 0 Å². The standard InChI is InChI=1S/C75H142O17P2/c1-6-9-12-15-18-21-23-25-27-32-35-39-44-49-54-59-73(78)86-65-71(92-75(80)61-56-51-46-41-37-33-29-28-30-34-38-42-47-52-57-68(4)5)67-90-94(83,84)88-63-69(76)62-87-93(81,82)89-66-70(64-85-72(77)58-53-48-43-20-17-14-11-8-3)91-74(79)60-55-50-45-40-36-31-26-24-22-19-16-13-10-7-2/h21,23,25,27,68-71,76H,6-20,22,24,26,28-67H2,1-5H3,(H,81,82)(H,83,84)/b23-21-,27-25-/t69-,70+,71+/m0/s1. The van der Waals surface area contributed by atoms with Crippen LogP contribution in [0.25, 0.3) is 0 Å². The molecule has 554 valence electrons. The molecule has 0 spiro atoms. The molecule has 0 amide bonds. The van der Waals surface area contributed by atoms with Crippen LogP contribution in [0.15, 0.2) is 24.3 Å². The average Bonchev–Trinajstić information content (AvgIpc) is 1.09. The van der Waals surface area contributed by atoms with Crippen molar-refractivity contribution in [2.24, 2.45) is 5.92 Å². The molecule has 94 heavy (non-hydrogen) atoms. The molecule has 5 atom stereocenters. The number of ether oxygens (including phenoxy) is 4. The van der Waals surface area contributed by atoms with Crippen LogP contribution in [0.2, 0.25) is 0 Å². The van der Waals surface area contributed by atoms with Gasteiger partial charge in [-0.2, -0.15) is 0 Å². The highest BCUT2D eigenvalue weighted by Gasteiger charge is 2.30. The highest BCUT2D eigenvalue weighted by atomic mass is 31.2. The molecule has 0 aromatic rings. The van der Waals surface area contributed by atoms with Gasteiger partial charge in [0.05, 0.1) is 26.4 Å². The van der Waals surface area contributed by atoms with E-state index >= 15 is 0 Å². The topological polar surface area (TPSA) is 237 Å². The number of phosphoric ester groups is 2. The van der Waals surface area contributed by atoms with Crippen molar-refractivity contribution in [1.29, 1.82) is 0 Å². The first-order valence-electron chi connectivity index (χ1n) is 38.5. The maximum absolute atomic E-state index is 13.1. The van der Waals surface area contributed by atoms with Gasteiger partial charge in [0.15, 0.2) is 12.2 Å². The van der Waals surface area contributed by atoms with Crippen molar-refractivity contribution in [2.45, 2.75) is 387 Å². The molecule has 0 aromatic carbocycles. The van der Waals surface area contributed by atoms with Gasteiger partial charge in [-0.1, -0.05) is 316 Å². The summed E-state index contributed by atoms with van der Waals surface area (Å²) in [5.74, 6) is -1.35. The summed E-state index contributed by atoms with van der Waals surface area (Å²) in [7, 11) is -9.92. The number of allylic oxidation sites excluding steroid dienone is 4. The van der Waals surface area contributed by atoms with Crippen molar-refractivity contribution < 1.29 is 80.2 Å². The van der Waals surface area contributed by atoms with Crippen LogP contribution >= 0.6 is 15.6 Å². The van der Waals surface area contributed by atoms with Gasteiger partial charge < -0.3 is 33.8 Å². The molecule has 0 bridgehead atoms. The van der Waals surface area contributed by atoms with Crippen LogP contribution in [0.3, 0.4) is 0 Å². The zero-order valence-corrected chi connectivity index (χ0v) is 62.4. The molecule has 0 saturated heterocycles. The third kappa shape index (κ3) is 68.1. The molecular formula is C75H142O17P2. The Hall–Kier alpha value is -2.46. The van der Waals surface area contributed by atoms with Crippen molar-refractivity contribution in [3.05, 3.63) is 24.3 Å². The van der Waals surface area contributed by atoms with Crippen LogP contribution < -0.4 is 0 Å². The summed E-state index contributed by atoms with van der Waals surface area (Å²) in [6, 6.07) is 0. The molecule has 0 aliphatic rings. The molecule has 0 radical (unpaired) electrons. The molecule has 2 unspecified atom stereocenters. The molecule has 0 fully saturated rings. The Balaban J connectivity index is 5.25. The van der Waals surface area contributed by atoms with Crippen molar-refractivity contribution >= 4 is 39.5 Å². The summed E-state index contributed by atoms with van der Waals surface area (Å²) in [6.07, 6.45) is 59.0. The van der Waals surface area contributed by atoms with Gasteiger partial charge >= 0.3 is 39.5 Å². The predicted molar refractivity (Wildman–Crippen MR) is 381 cm³/mol. The first kappa shape index (κ1) is 91.5. The van der Waals surface area contributed by atoms with Crippen LogP contribution in [-0.2, 0) is 65.4 Å². The molecule has 0 saturated carbocycles. The highest BCUT2D eigenvalue weighted by Crippen LogP contribution is 2.45. The molecular weight excluding hydrogens is 1230 g/mol. The van der Waals surface area contributed by atoms with Gasteiger partial charge in [-0.3, -0.25) is 37.3 Å². The summed E-state index contributed by atoms with van der Waals surface area (Å²) in [5, 5.41) is 10.6. The number of aliphatic hydroxyl groups is 1. The van der Waals surface area contributed by atoms with E-state index in [2.05, 4.69) is 58.9 Å². The number of hydrogen-bond acceptors (Lipinski definition) is 15. The second-order valence-electron chi connectivity index (χ2n) is 26.8. The molecule has 17 nitrogen and oxygen atoms in total. The van der Waals surface area contributed by atoms with E-state index in [4.69, 9.17) is 37.0 Å². The number of esters is 4. The Morgan fingerprint density at radius 1 is 0.330 bits per heavy atom. The Bertz CT molecular complexity index is 1900. The lowest BCUT2D eigenvalue weighted by Gasteiger charge is -2.21. The number of rotatable bonds is 73. The second-order valence-corrected chi connectivity index (χ2v) is 29.7. The summed E-state index contributed by atoms with van der Waals surface area (Å²) >= 11 is 0. The zero-order valence-electron chi connectivity index (χ0n) is 60.6. The third-order valence-corrected chi connectivity index (χ3v) is 18.8. The number of unbranched alkanes of at least 4 members (excludes halogenated alkanes) is 42. The average molecular weight is 1380 g/mol. The Kier molecular flexibility index (Phi) is 65.9. The van der Waals surface area contributed by atoms with Gasteiger partial charge in [0, 0.05) is 25.7 Å². The minimum absolute atomic E-state index is 0.101. The molecule has 0 aromatic heterocycles. The number of aliphatic hydroxyl groups excluding tert-OH is 1.